The second kappa shape index (κ2) is 8.32. The third-order valence-electron chi connectivity index (χ3n) is 2.42. The highest BCUT2D eigenvalue weighted by molar-refractivity contribution is 5.99. The molecule has 1 aromatic carbocycles. The summed E-state index contributed by atoms with van der Waals surface area (Å²) in [6, 6.07) is 7.47. The molecule has 0 heterocycles. The molecule has 2 N–H and O–H groups in total. The Morgan fingerprint density at radius 2 is 2.11 bits per heavy atom. The molecule has 19 heavy (non-hydrogen) atoms. The zero-order valence-corrected chi connectivity index (χ0v) is 11.7. The van der Waals surface area contributed by atoms with Crippen molar-refractivity contribution in [3.8, 4) is 0 Å². The molecule has 104 valence electrons. The average Bonchev–Trinajstić information content (AvgIpc) is 2.39. The zero-order valence-electron chi connectivity index (χ0n) is 11.7. The van der Waals surface area contributed by atoms with Crippen molar-refractivity contribution in [1.29, 1.82) is 0 Å². The van der Waals surface area contributed by atoms with Crippen molar-refractivity contribution in [3.63, 3.8) is 0 Å². The van der Waals surface area contributed by atoms with Crippen molar-refractivity contribution >= 4 is 11.6 Å². The third kappa shape index (κ3) is 5.57. The van der Waals surface area contributed by atoms with E-state index in [4.69, 9.17) is 4.74 Å². The SMILES string of the molecule is C=C(C)COCCNC(=O)c1ccccc1NCC. The Labute approximate surface area is 114 Å². The van der Waals surface area contributed by atoms with Gasteiger partial charge in [-0.15, -0.1) is 0 Å². The minimum absolute atomic E-state index is 0.0875. The Bertz CT molecular complexity index is 430. The van der Waals surface area contributed by atoms with Gasteiger partial charge in [0.25, 0.3) is 5.91 Å². The molecule has 0 unspecified atom stereocenters. The molecule has 0 aromatic heterocycles. The number of benzene rings is 1. The summed E-state index contributed by atoms with van der Waals surface area (Å²) in [6.07, 6.45) is 0. The first kappa shape index (κ1) is 15.2. The van der Waals surface area contributed by atoms with Crippen molar-refractivity contribution in [3.05, 3.63) is 42.0 Å². The van der Waals surface area contributed by atoms with Crippen LogP contribution in [0, 0.1) is 0 Å². The fourth-order valence-electron chi connectivity index (χ4n) is 1.60. The van der Waals surface area contributed by atoms with Crippen LogP contribution in [0.15, 0.2) is 36.4 Å². The second-order valence-corrected chi connectivity index (χ2v) is 4.34. The zero-order chi connectivity index (χ0) is 14.1. The molecule has 0 spiro atoms. The first-order valence-corrected chi connectivity index (χ1v) is 6.48. The van der Waals surface area contributed by atoms with Gasteiger partial charge < -0.3 is 15.4 Å². The number of nitrogens with one attached hydrogen (secondary N) is 2. The number of hydrogen-bond acceptors (Lipinski definition) is 3. The Hall–Kier alpha value is -1.81. The molecule has 0 fully saturated rings. The van der Waals surface area contributed by atoms with Crippen LogP contribution in [0.1, 0.15) is 24.2 Å². The summed E-state index contributed by atoms with van der Waals surface area (Å²) in [5.74, 6) is -0.0875. The van der Waals surface area contributed by atoms with E-state index in [9.17, 15) is 4.79 Å². The van der Waals surface area contributed by atoms with E-state index in [1.807, 2.05) is 38.1 Å². The van der Waals surface area contributed by atoms with Gasteiger partial charge >= 0.3 is 0 Å². The highest BCUT2D eigenvalue weighted by Crippen LogP contribution is 2.14. The van der Waals surface area contributed by atoms with Gasteiger partial charge in [-0.1, -0.05) is 24.3 Å². The monoisotopic (exact) mass is 262 g/mol. The summed E-state index contributed by atoms with van der Waals surface area (Å²) >= 11 is 0. The molecule has 1 amide bonds. The maximum atomic E-state index is 12.0. The highest BCUT2D eigenvalue weighted by Gasteiger charge is 2.09. The second-order valence-electron chi connectivity index (χ2n) is 4.34. The Morgan fingerprint density at radius 1 is 1.37 bits per heavy atom. The van der Waals surface area contributed by atoms with Crippen LogP contribution in [0.4, 0.5) is 5.69 Å². The lowest BCUT2D eigenvalue weighted by Crippen LogP contribution is -2.28. The predicted molar refractivity (Wildman–Crippen MR) is 78.6 cm³/mol. The smallest absolute Gasteiger partial charge is 0.253 e. The van der Waals surface area contributed by atoms with E-state index < -0.39 is 0 Å². The molecule has 0 saturated heterocycles. The summed E-state index contributed by atoms with van der Waals surface area (Å²) in [5.41, 5.74) is 2.48. The van der Waals surface area contributed by atoms with Gasteiger partial charge in [0.1, 0.15) is 0 Å². The quantitative estimate of drug-likeness (QED) is 0.559. The lowest BCUT2D eigenvalue weighted by molar-refractivity contribution is 0.0927. The predicted octanol–water partition coefficient (Wildman–Crippen LogP) is 2.44. The standard InChI is InChI=1S/C15H22N2O2/c1-4-16-14-8-6-5-7-13(14)15(18)17-9-10-19-11-12(2)3/h5-8,16H,2,4,9-11H2,1,3H3,(H,17,18). The van der Waals surface area contributed by atoms with Crippen molar-refractivity contribution in [2.24, 2.45) is 0 Å². The van der Waals surface area contributed by atoms with Crippen LogP contribution in [0.3, 0.4) is 0 Å². The van der Waals surface area contributed by atoms with E-state index in [1.165, 1.54) is 0 Å². The van der Waals surface area contributed by atoms with Crippen LogP contribution in [-0.2, 0) is 4.74 Å². The number of ether oxygens (including phenoxy) is 1. The van der Waals surface area contributed by atoms with Crippen LogP contribution < -0.4 is 10.6 Å². The van der Waals surface area contributed by atoms with E-state index >= 15 is 0 Å². The number of anilines is 1. The van der Waals surface area contributed by atoms with Crippen molar-refractivity contribution in [1.82, 2.24) is 5.32 Å². The van der Waals surface area contributed by atoms with Crippen LogP contribution in [0.5, 0.6) is 0 Å². The minimum atomic E-state index is -0.0875. The fourth-order valence-corrected chi connectivity index (χ4v) is 1.60. The van der Waals surface area contributed by atoms with Gasteiger partial charge in [0.15, 0.2) is 0 Å². The van der Waals surface area contributed by atoms with E-state index in [0.29, 0.717) is 25.3 Å². The molecule has 0 atom stereocenters. The summed E-state index contributed by atoms with van der Waals surface area (Å²) < 4.78 is 5.33. The molecule has 4 nitrogen and oxygen atoms in total. The molecular weight excluding hydrogens is 240 g/mol. The van der Waals surface area contributed by atoms with Crippen LogP contribution in [0.25, 0.3) is 0 Å². The Kier molecular flexibility index (Phi) is 6.68. The van der Waals surface area contributed by atoms with Crippen LogP contribution in [0.2, 0.25) is 0 Å². The largest absolute Gasteiger partial charge is 0.385 e. The van der Waals surface area contributed by atoms with Crippen molar-refractivity contribution in [2.75, 3.05) is 31.6 Å². The lowest BCUT2D eigenvalue weighted by atomic mass is 10.1. The van der Waals surface area contributed by atoms with E-state index in [0.717, 1.165) is 17.8 Å². The average molecular weight is 262 g/mol. The summed E-state index contributed by atoms with van der Waals surface area (Å²) in [4.78, 5) is 12.0. The van der Waals surface area contributed by atoms with Crippen LogP contribution in [-0.4, -0.2) is 32.2 Å². The van der Waals surface area contributed by atoms with E-state index in [1.54, 1.807) is 0 Å². The van der Waals surface area contributed by atoms with E-state index in [-0.39, 0.29) is 5.91 Å². The lowest BCUT2D eigenvalue weighted by Gasteiger charge is -2.11. The maximum Gasteiger partial charge on any atom is 0.253 e. The van der Waals surface area contributed by atoms with Gasteiger partial charge in [-0.2, -0.15) is 0 Å². The van der Waals surface area contributed by atoms with Gasteiger partial charge in [-0.3, -0.25) is 4.79 Å². The Balaban J connectivity index is 2.43. The minimum Gasteiger partial charge on any atom is -0.385 e. The molecule has 0 aliphatic heterocycles. The normalized spacial score (nSPS) is 10.0. The van der Waals surface area contributed by atoms with Crippen LogP contribution >= 0.6 is 0 Å². The molecule has 0 aliphatic carbocycles. The number of carbonyl (C=O) groups excluding carboxylic acids is 1. The Morgan fingerprint density at radius 3 is 2.79 bits per heavy atom. The van der Waals surface area contributed by atoms with Gasteiger partial charge in [0.2, 0.25) is 0 Å². The molecule has 4 heteroatoms. The topological polar surface area (TPSA) is 50.4 Å². The van der Waals surface area contributed by atoms with Gasteiger partial charge in [0, 0.05) is 18.8 Å². The first-order chi connectivity index (χ1) is 9.15. The first-order valence-electron chi connectivity index (χ1n) is 6.48. The molecule has 0 bridgehead atoms. The highest BCUT2D eigenvalue weighted by atomic mass is 16.5. The molecule has 1 rings (SSSR count). The summed E-state index contributed by atoms with van der Waals surface area (Å²) in [7, 11) is 0. The molecule has 0 aliphatic rings. The summed E-state index contributed by atoms with van der Waals surface area (Å²) in [5, 5.41) is 6.01. The van der Waals surface area contributed by atoms with Crippen molar-refractivity contribution < 1.29 is 9.53 Å². The number of amides is 1. The van der Waals surface area contributed by atoms with Crippen molar-refractivity contribution in [2.45, 2.75) is 13.8 Å². The fraction of sp³-hybridized carbons (Fsp3) is 0.400. The van der Waals surface area contributed by atoms with Gasteiger partial charge in [-0.05, 0) is 26.0 Å². The molecule has 1 aromatic rings. The summed E-state index contributed by atoms with van der Waals surface area (Å²) in [6.45, 7) is 9.95. The molecule has 0 saturated carbocycles. The number of rotatable bonds is 8. The van der Waals surface area contributed by atoms with Gasteiger partial charge in [-0.25, -0.2) is 0 Å². The van der Waals surface area contributed by atoms with E-state index in [2.05, 4.69) is 17.2 Å². The number of hydrogen-bond donors (Lipinski definition) is 2. The number of carbonyl (C=O) groups is 1. The maximum absolute atomic E-state index is 12.0. The molecular formula is C15H22N2O2. The third-order valence-corrected chi connectivity index (χ3v) is 2.42. The molecule has 0 radical (unpaired) electrons. The number of para-hydroxylation sites is 1. The van der Waals surface area contributed by atoms with Gasteiger partial charge in [0.05, 0.1) is 18.8 Å².